The highest BCUT2D eigenvalue weighted by atomic mass is 19.1. The van der Waals surface area contributed by atoms with Crippen molar-refractivity contribution >= 4 is 11.6 Å². The van der Waals surface area contributed by atoms with E-state index in [4.69, 9.17) is 0 Å². The zero-order valence-electron chi connectivity index (χ0n) is 15.8. The lowest BCUT2D eigenvalue weighted by Gasteiger charge is -2.36. The van der Waals surface area contributed by atoms with Gasteiger partial charge in [0.1, 0.15) is 5.82 Å². The maximum Gasteiger partial charge on any atom is 0.191 e. The van der Waals surface area contributed by atoms with E-state index in [1.807, 2.05) is 32.3 Å². The van der Waals surface area contributed by atoms with Crippen molar-refractivity contribution in [1.29, 1.82) is 0 Å². The largest absolute Gasteiger partial charge is 0.369 e. The number of halogens is 1. The summed E-state index contributed by atoms with van der Waals surface area (Å²) in [6.07, 6.45) is 4.24. The molecule has 0 radical (unpaired) electrons. The monoisotopic (exact) mass is 357 g/mol. The first-order valence-corrected chi connectivity index (χ1v) is 9.15. The van der Waals surface area contributed by atoms with Crippen molar-refractivity contribution in [3.8, 4) is 0 Å². The predicted octanol–water partition coefficient (Wildman–Crippen LogP) is 2.81. The van der Waals surface area contributed by atoms with Crippen molar-refractivity contribution in [3.63, 3.8) is 0 Å². The fourth-order valence-corrected chi connectivity index (χ4v) is 3.53. The van der Waals surface area contributed by atoms with E-state index < -0.39 is 0 Å². The normalized spacial score (nSPS) is 18.1. The molecule has 1 aromatic carbocycles. The Labute approximate surface area is 154 Å². The zero-order chi connectivity index (χ0) is 18.5. The molecule has 2 aromatic rings. The molecule has 0 bridgehead atoms. The van der Waals surface area contributed by atoms with E-state index in [0.29, 0.717) is 6.04 Å². The van der Waals surface area contributed by atoms with Crippen LogP contribution in [0.5, 0.6) is 0 Å². The number of benzene rings is 1. The van der Waals surface area contributed by atoms with Gasteiger partial charge in [-0.1, -0.05) is 0 Å². The number of guanidine groups is 1. The molecule has 0 amide bonds. The van der Waals surface area contributed by atoms with Crippen molar-refractivity contribution in [3.05, 3.63) is 53.6 Å². The summed E-state index contributed by atoms with van der Waals surface area (Å²) in [6, 6.07) is 9.48. The van der Waals surface area contributed by atoms with Gasteiger partial charge in [-0.15, -0.1) is 0 Å². The van der Waals surface area contributed by atoms with Gasteiger partial charge in [-0.2, -0.15) is 0 Å². The molecular weight excluding hydrogens is 329 g/mol. The number of nitrogens with one attached hydrogen (secondary N) is 2. The number of anilines is 1. The van der Waals surface area contributed by atoms with Crippen molar-refractivity contribution < 1.29 is 4.39 Å². The van der Waals surface area contributed by atoms with Gasteiger partial charge in [0.05, 0.1) is 6.54 Å². The maximum absolute atomic E-state index is 13.4. The molecule has 1 atom stereocenters. The number of aliphatic imine (C=N–C) groups is 1. The van der Waals surface area contributed by atoms with Gasteiger partial charge in [0, 0.05) is 50.8 Å². The van der Waals surface area contributed by atoms with Crippen LogP contribution in [0.4, 0.5) is 10.1 Å². The number of aromatic nitrogens is 1. The summed E-state index contributed by atoms with van der Waals surface area (Å²) in [5.41, 5.74) is 3.31. The zero-order valence-corrected chi connectivity index (χ0v) is 15.8. The van der Waals surface area contributed by atoms with E-state index in [-0.39, 0.29) is 5.82 Å². The molecule has 1 fully saturated rings. The van der Waals surface area contributed by atoms with Crippen LogP contribution >= 0.6 is 0 Å². The fraction of sp³-hybridized carbons (Fsp3) is 0.450. The van der Waals surface area contributed by atoms with Gasteiger partial charge < -0.3 is 20.1 Å². The Balaban J connectivity index is 1.59. The molecule has 1 saturated heterocycles. The molecule has 3 rings (SSSR count). The molecule has 2 N–H and O–H groups in total. The molecule has 5 nitrogen and oxygen atoms in total. The summed E-state index contributed by atoms with van der Waals surface area (Å²) in [4.78, 5) is 6.69. The summed E-state index contributed by atoms with van der Waals surface area (Å²) in [5, 5.41) is 6.92. The Hall–Kier alpha value is -2.50. The minimum Gasteiger partial charge on any atom is -0.369 e. The van der Waals surface area contributed by atoms with E-state index in [0.717, 1.165) is 49.7 Å². The van der Waals surface area contributed by atoms with Crippen molar-refractivity contribution in [2.45, 2.75) is 32.4 Å². The topological polar surface area (TPSA) is 44.6 Å². The number of hydrogen-bond donors (Lipinski definition) is 2. The number of piperidine rings is 1. The Kier molecular flexibility index (Phi) is 5.81. The minimum absolute atomic E-state index is 0.178. The second-order valence-electron chi connectivity index (χ2n) is 6.90. The van der Waals surface area contributed by atoms with Crippen LogP contribution in [0.15, 0.2) is 41.5 Å². The Morgan fingerprint density at radius 3 is 2.88 bits per heavy atom. The SMILES string of the molecule is CN=C(NCc1cccn1C)NC1CCCN(c2ccc(F)cc2C)C1. The van der Waals surface area contributed by atoms with Crippen LogP contribution in [0.3, 0.4) is 0 Å². The van der Waals surface area contributed by atoms with E-state index >= 15 is 0 Å². The minimum atomic E-state index is -0.178. The van der Waals surface area contributed by atoms with E-state index in [1.54, 1.807) is 19.2 Å². The molecular formula is C20H28FN5. The van der Waals surface area contributed by atoms with Crippen molar-refractivity contribution in [2.75, 3.05) is 25.0 Å². The van der Waals surface area contributed by atoms with E-state index in [1.165, 1.54) is 5.69 Å². The van der Waals surface area contributed by atoms with Gasteiger partial charge >= 0.3 is 0 Å². The van der Waals surface area contributed by atoms with E-state index in [9.17, 15) is 4.39 Å². The highest BCUT2D eigenvalue weighted by Crippen LogP contribution is 2.24. The molecule has 0 spiro atoms. The molecule has 1 aromatic heterocycles. The highest BCUT2D eigenvalue weighted by molar-refractivity contribution is 5.80. The maximum atomic E-state index is 13.4. The van der Waals surface area contributed by atoms with Crippen LogP contribution < -0.4 is 15.5 Å². The number of nitrogens with zero attached hydrogens (tertiary/aromatic N) is 3. The second kappa shape index (κ2) is 8.25. The number of hydrogen-bond acceptors (Lipinski definition) is 2. The van der Waals surface area contributed by atoms with Crippen LogP contribution in [-0.4, -0.2) is 36.7 Å². The smallest absolute Gasteiger partial charge is 0.191 e. The van der Waals surface area contributed by atoms with Crippen LogP contribution in [0, 0.1) is 12.7 Å². The number of rotatable bonds is 4. The molecule has 1 aliphatic heterocycles. The standard InChI is InChI=1S/C20H28FN5/c1-15-12-16(21)8-9-19(15)26-11-4-6-17(14-26)24-20(22-2)23-13-18-7-5-10-25(18)3/h5,7-10,12,17H,4,6,11,13-14H2,1-3H3,(H2,22,23,24). The third-order valence-corrected chi connectivity index (χ3v) is 4.97. The third-order valence-electron chi connectivity index (χ3n) is 4.97. The van der Waals surface area contributed by atoms with Gasteiger partial charge in [0.2, 0.25) is 0 Å². The quantitative estimate of drug-likeness (QED) is 0.653. The van der Waals surface area contributed by atoms with Crippen LogP contribution in [0.2, 0.25) is 0 Å². The van der Waals surface area contributed by atoms with Crippen molar-refractivity contribution in [1.82, 2.24) is 15.2 Å². The summed E-state index contributed by atoms with van der Waals surface area (Å²) in [5.74, 6) is 0.636. The van der Waals surface area contributed by atoms with Crippen LogP contribution in [0.1, 0.15) is 24.1 Å². The first-order chi connectivity index (χ1) is 12.6. The lowest BCUT2D eigenvalue weighted by atomic mass is 10.0. The Bertz CT molecular complexity index is 767. The molecule has 26 heavy (non-hydrogen) atoms. The highest BCUT2D eigenvalue weighted by Gasteiger charge is 2.22. The Morgan fingerprint density at radius 2 is 2.19 bits per heavy atom. The summed E-state index contributed by atoms with van der Waals surface area (Å²) >= 11 is 0. The molecule has 1 unspecified atom stereocenters. The fourth-order valence-electron chi connectivity index (χ4n) is 3.53. The average molecular weight is 357 g/mol. The van der Waals surface area contributed by atoms with Gasteiger partial charge in [-0.3, -0.25) is 4.99 Å². The molecule has 2 heterocycles. The first-order valence-electron chi connectivity index (χ1n) is 9.15. The Morgan fingerprint density at radius 1 is 1.35 bits per heavy atom. The van der Waals surface area contributed by atoms with Gasteiger partial charge in [0.15, 0.2) is 5.96 Å². The summed E-state index contributed by atoms with van der Waals surface area (Å²) < 4.78 is 15.5. The molecule has 0 aliphatic carbocycles. The molecule has 1 aliphatic rings. The van der Waals surface area contributed by atoms with Crippen LogP contribution in [0.25, 0.3) is 0 Å². The molecule has 6 heteroatoms. The molecule has 140 valence electrons. The van der Waals surface area contributed by atoms with Gasteiger partial charge in [0.25, 0.3) is 0 Å². The third kappa shape index (κ3) is 4.36. The second-order valence-corrected chi connectivity index (χ2v) is 6.90. The number of aryl methyl sites for hydroxylation is 2. The summed E-state index contributed by atoms with van der Waals surface area (Å²) in [6.45, 7) is 4.59. The first kappa shape index (κ1) is 18.3. The van der Waals surface area contributed by atoms with Crippen LogP contribution in [-0.2, 0) is 13.6 Å². The van der Waals surface area contributed by atoms with Gasteiger partial charge in [-0.25, -0.2) is 4.39 Å². The van der Waals surface area contributed by atoms with Gasteiger partial charge in [-0.05, 0) is 55.7 Å². The summed E-state index contributed by atoms with van der Waals surface area (Å²) in [7, 11) is 3.84. The molecule has 0 saturated carbocycles. The lowest BCUT2D eigenvalue weighted by molar-refractivity contribution is 0.467. The average Bonchev–Trinajstić information content (AvgIpc) is 3.04. The van der Waals surface area contributed by atoms with E-state index in [2.05, 4.69) is 31.2 Å². The van der Waals surface area contributed by atoms with Crippen molar-refractivity contribution in [2.24, 2.45) is 12.0 Å². The predicted molar refractivity (Wildman–Crippen MR) is 105 cm³/mol. The lowest BCUT2D eigenvalue weighted by Crippen LogP contribution is -2.51.